The number of hydrogen-bond donors (Lipinski definition) is 1. The van der Waals surface area contributed by atoms with Gasteiger partial charge < -0.3 is 10.2 Å². The molecule has 0 radical (unpaired) electrons. The summed E-state index contributed by atoms with van der Waals surface area (Å²) in [5, 5.41) is 3.09. The van der Waals surface area contributed by atoms with Gasteiger partial charge in [-0.15, -0.1) is 0 Å². The number of nitrogens with one attached hydrogen (secondary N) is 1. The highest BCUT2D eigenvalue weighted by molar-refractivity contribution is 5.47. The van der Waals surface area contributed by atoms with Crippen LogP contribution in [-0.2, 0) is 0 Å². The molecule has 1 aliphatic rings. The molecule has 0 aromatic heterocycles. The zero-order valence-electron chi connectivity index (χ0n) is 10.0. The number of alkyl halides is 2. The lowest BCUT2D eigenvalue weighted by Gasteiger charge is -2.26. The lowest BCUT2D eigenvalue weighted by Crippen LogP contribution is -2.33. The molecule has 0 atom stereocenters. The molecule has 0 amide bonds. The fourth-order valence-corrected chi connectivity index (χ4v) is 1.89. The monoisotopic (exact) mass is 250 g/mol. The minimum atomic E-state index is -2.34. The third-order valence-corrected chi connectivity index (χ3v) is 2.73. The quantitative estimate of drug-likeness (QED) is 0.863. The summed E-state index contributed by atoms with van der Waals surface area (Å²) < 4.78 is 25.3. The third kappa shape index (κ3) is 3.58. The summed E-state index contributed by atoms with van der Waals surface area (Å²) in [6.45, 7) is 0.214. The van der Waals surface area contributed by atoms with Crippen molar-refractivity contribution in [3.63, 3.8) is 0 Å². The van der Waals surface area contributed by atoms with Crippen molar-refractivity contribution in [3.8, 4) is 0 Å². The lowest BCUT2D eigenvalue weighted by atomic mass is 10.2. The van der Waals surface area contributed by atoms with Gasteiger partial charge in [0.1, 0.15) is 0 Å². The Balaban J connectivity index is 2.08. The number of anilines is 1. The number of hydrogen-bond acceptors (Lipinski definition) is 2. The van der Waals surface area contributed by atoms with Crippen LogP contribution < -0.4 is 10.2 Å². The molecule has 1 aliphatic heterocycles. The Morgan fingerprint density at radius 2 is 2.00 bits per heavy atom. The molecule has 1 heterocycles. The SMILES string of the molecule is FC(F)CN(CC1=CCC=CN1)c1ccccc1. The van der Waals surface area contributed by atoms with Gasteiger partial charge in [0.2, 0.25) is 0 Å². The molecule has 4 heteroatoms. The first kappa shape index (κ1) is 12.6. The second-order valence-corrected chi connectivity index (χ2v) is 4.12. The van der Waals surface area contributed by atoms with Crippen LogP contribution in [0.25, 0.3) is 0 Å². The Morgan fingerprint density at radius 3 is 2.61 bits per heavy atom. The van der Waals surface area contributed by atoms with Crippen LogP contribution in [0.1, 0.15) is 6.42 Å². The Bertz CT molecular complexity index is 427. The smallest absolute Gasteiger partial charge is 0.255 e. The van der Waals surface area contributed by atoms with Crippen molar-refractivity contribution in [3.05, 3.63) is 54.4 Å². The molecule has 0 saturated heterocycles. The van der Waals surface area contributed by atoms with Gasteiger partial charge in [-0.05, 0) is 24.8 Å². The molecule has 18 heavy (non-hydrogen) atoms. The molecule has 0 saturated carbocycles. The minimum absolute atomic E-state index is 0.257. The van der Waals surface area contributed by atoms with E-state index >= 15 is 0 Å². The van der Waals surface area contributed by atoms with E-state index in [2.05, 4.69) is 5.32 Å². The predicted molar refractivity (Wildman–Crippen MR) is 69.6 cm³/mol. The second kappa shape index (κ2) is 6.19. The molecule has 2 nitrogen and oxygen atoms in total. The number of dihydropyridines is 1. The predicted octanol–water partition coefficient (Wildman–Crippen LogP) is 3.15. The van der Waals surface area contributed by atoms with E-state index in [0.29, 0.717) is 6.54 Å². The maximum atomic E-state index is 12.6. The molecule has 2 rings (SSSR count). The van der Waals surface area contributed by atoms with Gasteiger partial charge >= 0.3 is 0 Å². The number of allylic oxidation sites excluding steroid dienone is 2. The normalized spacial score (nSPS) is 14.3. The van der Waals surface area contributed by atoms with E-state index in [1.165, 1.54) is 0 Å². The summed E-state index contributed by atoms with van der Waals surface area (Å²) in [5.74, 6) is 0. The van der Waals surface area contributed by atoms with Gasteiger partial charge in [-0.3, -0.25) is 0 Å². The lowest BCUT2D eigenvalue weighted by molar-refractivity contribution is 0.155. The van der Waals surface area contributed by atoms with Crippen molar-refractivity contribution in [1.82, 2.24) is 5.32 Å². The van der Waals surface area contributed by atoms with Crippen LogP contribution in [0.2, 0.25) is 0 Å². The van der Waals surface area contributed by atoms with E-state index in [0.717, 1.165) is 17.8 Å². The van der Waals surface area contributed by atoms with Gasteiger partial charge in [0, 0.05) is 11.4 Å². The molecular formula is C14H16F2N2. The van der Waals surface area contributed by atoms with Crippen LogP contribution in [0.4, 0.5) is 14.5 Å². The zero-order chi connectivity index (χ0) is 12.8. The Kier molecular flexibility index (Phi) is 4.34. The molecule has 1 aromatic rings. The summed E-state index contributed by atoms with van der Waals surface area (Å²) in [7, 11) is 0. The van der Waals surface area contributed by atoms with Gasteiger partial charge in [0.25, 0.3) is 6.43 Å². The molecular weight excluding hydrogens is 234 g/mol. The molecule has 0 aliphatic carbocycles. The number of rotatable bonds is 5. The Hall–Kier alpha value is -1.84. The average Bonchev–Trinajstić information content (AvgIpc) is 2.40. The first-order valence-electron chi connectivity index (χ1n) is 5.94. The van der Waals surface area contributed by atoms with Gasteiger partial charge in [0.05, 0.1) is 13.1 Å². The van der Waals surface area contributed by atoms with Gasteiger partial charge in [0.15, 0.2) is 0 Å². The molecule has 96 valence electrons. The Morgan fingerprint density at radius 1 is 1.22 bits per heavy atom. The number of para-hydroxylation sites is 1. The zero-order valence-corrected chi connectivity index (χ0v) is 10.0. The van der Waals surface area contributed by atoms with Crippen molar-refractivity contribution in [2.75, 3.05) is 18.0 Å². The first-order chi connectivity index (χ1) is 8.75. The van der Waals surface area contributed by atoms with E-state index in [1.807, 2.05) is 48.7 Å². The van der Waals surface area contributed by atoms with Crippen molar-refractivity contribution < 1.29 is 8.78 Å². The van der Waals surface area contributed by atoms with E-state index in [9.17, 15) is 8.78 Å². The van der Waals surface area contributed by atoms with Gasteiger partial charge in [-0.2, -0.15) is 0 Å². The van der Waals surface area contributed by atoms with Crippen molar-refractivity contribution >= 4 is 5.69 Å². The number of nitrogens with zero attached hydrogens (tertiary/aromatic N) is 1. The van der Waals surface area contributed by atoms with E-state index < -0.39 is 6.43 Å². The van der Waals surface area contributed by atoms with Gasteiger partial charge in [-0.1, -0.05) is 30.4 Å². The summed E-state index contributed by atoms with van der Waals surface area (Å²) in [4.78, 5) is 1.68. The second-order valence-electron chi connectivity index (χ2n) is 4.12. The maximum Gasteiger partial charge on any atom is 0.255 e. The molecule has 1 aromatic carbocycles. The largest absolute Gasteiger partial charge is 0.364 e. The summed E-state index contributed by atoms with van der Waals surface area (Å²) in [5.41, 5.74) is 1.78. The Labute approximate surface area is 106 Å². The van der Waals surface area contributed by atoms with Crippen LogP contribution >= 0.6 is 0 Å². The number of benzene rings is 1. The highest BCUT2D eigenvalue weighted by Gasteiger charge is 2.14. The van der Waals surface area contributed by atoms with Crippen LogP contribution in [0, 0.1) is 0 Å². The standard InChI is InChI=1S/C14H16F2N2/c15-14(16)11-18(13-7-2-1-3-8-13)10-12-6-4-5-9-17-12/h1-3,5-9,14,17H,4,10-11H2. The first-order valence-corrected chi connectivity index (χ1v) is 5.94. The van der Waals surface area contributed by atoms with Gasteiger partial charge in [-0.25, -0.2) is 8.78 Å². The average molecular weight is 250 g/mol. The van der Waals surface area contributed by atoms with Crippen molar-refractivity contribution in [2.45, 2.75) is 12.8 Å². The maximum absolute atomic E-state index is 12.6. The van der Waals surface area contributed by atoms with E-state index in [-0.39, 0.29) is 6.54 Å². The highest BCUT2D eigenvalue weighted by atomic mass is 19.3. The van der Waals surface area contributed by atoms with Crippen molar-refractivity contribution in [1.29, 1.82) is 0 Å². The van der Waals surface area contributed by atoms with E-state index in [4.69, 9.17) is 0 Å². The summed E-state index contributed by atoms with van der Waals surface area (Å²) >= 11 is 0. The van der Waals surface area contributed by atoms with Crippen LogP contribution in [0.5, 0.6) is 0 Å². The minimum Gasteiger partial charge on any atom is -0.364 e. The van der Waals surface area contributed by atoms with Crippen molar-refractivity contribution in [2.24, 2.45) is 0 Å². The van der Waals surface area contributed by atoms with E-state index in [1.54, 1.807) is 4.90 Å². The highest BCUT2D eigenvalue weighted by Crippen LogP contribution is 2.16. The molecule has 0 fully saturated rings. The number of halogens is 2. The van der Waals surface area contributed by atoms with Crippen LogP contribution in [0.3, 0.4) is 0 Å². The summed E-state index contributed by atoms with van der Waals surface area (Å²) in [6, 6.07) is 9.29. The molecule has 0 unspecified atom stereocenters. The fourth-order valence-electron chi connectivity index (χ4n) is 1.89. The van der Waals surface area contributed by atoms with Crippen LogP contribution in [0.15, 0.2) is 54.4 Å². The molecule has 1 N–H and O–H groups in total. The topological polar surface area (TPSA) is 15.3 Å². The molecule has 0 bridgehead atoms. The fraction of sp³-hybridized carbons (Fsp3) is 0.286. The van der Waals surface area contributed by atoms with Crippen LogP contribution in [-0.4, -0.2) is 19.5 Å². The molecule has 0 spiro atoms. The summed E-state index contributed by atoms with van der Waals surface area (Å²) in [6.07, 6.45) is 4.36. The third-order valence-electron chi connectivity index (χ3n) is 2.73.